The van der Waals surface area contributed by atoms with Gasteiger partial charge in [-0.1, -0.05) is 0 Å². The fourth-order valence-electron chi connectivity index (χ4n) is 4.24. The Hall–Kier alpha value is -4.55. The molecule has 0 saturated heterocycles. The lowest BCUT2D eigenvalue weighted by molar-refractivity contribution is 0.0646. The number of nitrogens with one attached hydrogen (secondary N) is 1. The molecule has 0 aromatic carbocycles. The molecule has 1 aliphatic heterocycles. The van der Waals surface area contributed by atoms with Gasteiger partial charge >= 0.3 is 11.8 Å². The Bertz CT molecular complexity index is 1560. The van der Waals surface area contributed by atoms with Crippen molar-refractivity contribution in [1.29, 1.82) is 0 Å². The van der Waals surface area contributed by atoms with Gasteiger partial charge in [-0.2, -0.15) is 5.10 Å². The molecule has 0 saturated carbocycles. The second-order valence-electron chi connectivity index (χ2n) is 7.83. The number of alkyl halides is 2. The smallest absolute Gasteiger partial charge is 0.312 e. The second-order valence-corrected chi connectivity index (χ2v) is 7.83. The number of hydrogen-bond acceptors (Lipinski definition) is 7. The standard InChI is InChI=1S/C22H15F3N8O2/c23-12-4-1-6-26-16(12)20-29-30-21(35-20)22(34)32-8-5-13-17(28-10-27-13)18(32)14-9-15-11(19(24)25)3-2-7-33(15)31-14/h1-4,6-7,9-10,18-19H,5,8H2,(H,27,28). The van der Waals surface area contributed by atoms with Crippen LogP contribution in [-0.4, -0.2) is 52.1 Å². The number of H-pyrrole nitrogens is 1. The van der Waals surface area contributed by atoms with Gasteiger partial charge in [0, 0.05) is 36.6 Å². The number of fused-ring (bicyclic) bond motifs is 2. The summed E-state index contributed by atoms with van der Waals surface area (Å²) in [6.07, 6.45) is 2.18. The van der Waals surface area contributed by atoms with Crippen LogP contribution in [0, 0.1) is 5.82 Å². The Morgan fingerprint density at radius 3 is 2.91 bits per heavy atom. The number of carbonyl (C=O) groups excluding carboxylic acids is 1. The highest BCUT2D eigenvalue weighted by Crippen LogP contribution is 2.35. The van der Waals surface area contributed by atoms with E-state index < -0.39 is 24.2 Å². The summed E-state index contributed by atoms with van der Waals surface area (Å²) in [4.78, 5) is 26.2. The van der Waals surface area contributed by atoms with Crippen LogP contribution in [-0.2, 0) is 6.42 Å². The molecule has 0 radical (unpaired) electrons. The molecule has 0 spiro atoms. The molecule has 1 N–H and O–H groups in total. The van der Waals surface area contributed by atoms with E-state index in [9.17, 15) is 18.0 Å². The molecular weight excluding hydrogens is 465 g/mol. The number of imidazole rings is 1. The molecule has 35 heavy (non-hydrogen) atoms. The first-order chi connectivity index (χ1) is 17.0. The van der Waals surface area contributed by atoms with Crippen LogP contribution in [0.5, 0.6) is 0 Å². The predicted molar refractivity (Wildman–Crippen MR) is 113 cm³/mol. The van der Waals surface area contributed by atoms with Gasteiger partial charge in [0.25, 0.3) is 12.3 Å². The van der Waals surface area contributed by atoms with Crippen LogP contribution in [0.3, 0.4) is 0 Å². The zero-order valence-electron chi connectivity index (χ0n) is 17.8. The van der Waals surface area contributed by atoms with Crippen molar-refractivity contribution in [3.8, 4) is 11.6 Å². The van der Waals surface area contributed by atoms with Crippen molar-refractivity contribution < 1.29 is 22.4 Å². The van der Waals surface area contributed by atoms with Gasteiger partial charge in [-0.3, -0.25) is 4.79 Å². The van der Waals surface area contributed by atoms with Crippen molar-refractivity contribution in [2.24, 2.45) is 0 Å². The van der Waals surface area contributed by atoms with Crippen molar-refractivity contribution in [2.75, 3.05) is 6.54 Å². The third kappa shape index (κ3) is 3.43. The number of halogens is 3. The van der Waals surface area contributed by atoms with E-state index in [0.717, 1.165) is 5.69 Å². The van der Waals surface area contributed by atoms with Gasteiger partial charge in [-0.05, 0) is 30.3 Å². The van der Waals surface area contributed by atoms with E-state index in [1.807, 2.05) is 0 Å². The number of carbonyl (C=O) groups is 1. The van der Waals surface area contributed by atoms with Crippen molar-refractivity contribution in [3.63, 3.8) is 0 Å². The molecule has 1 unspecified atom stereocenters. The zero-order chi connectivity index (χ0) is 24.1. The van der Waals surface area contributed by atoms with Gasteiger partial charge in [0.15, 0.2) is 11.5 Å². The molecule has 176 valence electrons. The lowest BCUT2D eigenvalue weighted by atomic mass is 9.99. The maximum atomic E-state index is 14.1. The highest BCUT2D eigenvalue weighted by atomic mass is 19.3. The fourth-order valence-corrected chi connectivity index (χ4v) is 4.24. The number of nitrogens with zero attached hydrogens (tertiary/aromatic N) is 7. The normalized spacial score (nSPS) is 15.7. The molecule has 6 heterocycles. The van der Waals surface area contributed by atoms with Crippen LogP contribution in [0.1, 0.15) is 45.8 Å². The van der Waals surface area contributed by atoms with Crippen molar-refractivity contribution >= 4 is 11.4 Å². The number of aromatic nitrogens is 7. The molecule has 0 fully saturated rings. The van der Waals surface area contributed by atoms with Crippen molar-refractivity contribution in [2.45, 2.75) is 18.9 Å². The Kier molecular flexibility index (Phi) is 4.83. The molecule has 10 nitrogen and oxygen atoms in total. The minimum atomic E-state index is -2.70. The summed E-state index contributed by atoms with van der Waals surface area (Å²) in [6.45, 7) is 0.240. The van der Waals surface area contributed by atoms with Gasteiger partial charge in [0.2, 0.25) is 0 Å². The first-order valence-corrected chi connectivity index (χ1v) is 10.5. The van der Waals surface area contributed by atoms with Crippen LogP contribution in [0.25, 0.3) is 17.1 Å². The Morgan fingerprint density at radius 2 is 2.09 bits per heavy atom. The van der Waals surface area contributed by atoms with E-state index in [1.54, 1.807) is 6.20 Å². The number of aromatic amines is 1. The number of pyridine rings is 2. The summed E-state index contributed by atoms with van der Waals surface area (Å²) < 4.78 is 48.0. The summed E-state index contributed by atoms with van der Waals surface area (Å²) in [5.74, 6) is -1.92. The summed E-state index contributed by atoms with van der Waals surface area (Å²) >= 11 is 0. The molecule has 6 rings (SSSR count). The topological polar surface area (TPSA) is 118 Å². The first-order valence-electron chi connectivity index (χ1n) is 10.5. The van der Waals surface area contributed by atoms with E-state index in [0.29, 0.717) is 17.8 Å². The molecule has 1 atom stereocenters. The maximum Gasteiger partial charge on any atom is 0.312 e. The summed E-state index contributed by atoms with van der Waals surface area (Å²) in [6, 6.07) is 6.11. The molecule has 13 heteroatoms. The maximum absolute atomic E-state index is 14.1. The van der Waals surface area contributed by atoms with Crippen LogP contribution < -0.4 is 0 Å². The monoisotopic (exact) mass is 480 g/mol. The zero-order valence-corrected chi connectivity index (χ0v) is 17.8. The number of amides is 1. The Labute approximate surface area is 194 Å². The van der Waals surface area contributed by atoms with Gasteiger partial charge < -0.3 is 14.3 Å². The van der Waals surface area contributed by atoms with Crippen LogP contribution in [0.4, 0.5) is 13.2 Å². The molecule has 5 aromatic rings. The van der Waals surface area contributed by atoms with E-state index in [4.69, 9.17) is 4.42 Å². The second kappa shape index (κ2) is 8.04. The van der Waals surface area contributed by atoms with Crippen LogP contribution >= 0.6 is 0 Å². The van der Waals surface area contributed by atoms with Crippen LogP contribution in [0.15, 0.2) is 53.5 Å². The third-order valence-corrected chi connectivity index (χ3v) is 5.82. The average Bonchev–Trinajstić information content (AvgIpc) is 3.62. The third-order valence-electron chi connectivity index (χ3n) is 5.82. The molecule has 5 aromatic heterocycles. The fraction of sp³-hybridized carbons (Fsp3) is 0.182. The Morgan fingerprint density at radius 1 is 1.20 bits per heavy atom. The van der Waals surface area contributed by atoms with Gasteiger partial charge in [0.05, 0.1) is 23.2 Å². The minimum absolute atomic E-state index is 0.177. The van der Waals surface area contributed by atoms with E-state index in [1.165, 1.54) is 52.3 Å². The summed E-state index contributed by atoms with van der Waals surface area (Å²) in [5, 5.41) is 12.0. The van der Waals surface area contributed by atoms with E-state index in [-0.39, 0.29) is 35.1 Å². The molecular formula is C22H15F3N8O2. The lowest BCUT2D eigenvalue weighted by Crippen LogP contribution is -2.41. The summed E-state index contributed by atoms with van der Waals surface area (Å²) in [5.41, 5.74) is 1.53. The predicted octanol–water partition coefficient (Wildman–Crippen LogP) is 3.37. The van der Waals surface area contributed by atoms with Crippen molar-refractivity contribution in [1.82, 2.24) is 39.7 Å². The van der Waals surface area contributed by atoms with Crippen molar-refractivity contribution in [3.05, 3.63) is 83.4 Å². The molecule has 0 bridgehead atoms. The summed E-state index contributed by atoms with van der Waals surface area (Å²) in [7, 11) is 0. The Balaban J connectivity index is 1.42. The molecule has 0 aliphatic carbocycles. The largest absolute Gasteiger partial charge is 0.411 e. The number of rotatable bonds is 4. The van der Waals surface area contributed by atoms with Gasteiger partial charge in [0.1, 0.15) is 6.04 Å². The first kappa shape index (κ1) is 21.0. The quantitative estimate of drug-likeness (QED) is 0.419. The van der Waals surface area contributed by atoms with E-state index in [2.05, 4.69) is 30.2 Å². The number of hydrogen-bond donors (Lipinski definition) is 1. The van der Waals surface area contributed by atoms with Gasteiger partial charge in [-0.15, -0.1) is 10.2 Å². The lowest BCUT2D eigenvalue weighted by Gasteiger charge is -2.32. The highest BCUT2D eigenvalue weighted by molar-refractivity contribution is 5.90. The minimum Gasteiger partial charge on any atom is -0.411 e. The van der Waals surface area contributed by atoms with E-state index >= 15 is 0 Å². The molecule has 1 amide bonds. The molecule has 1 aliphatic rings. The van der Waals surface area contributed by atoms with Crippen LogP contribution in [0.2, 0.25) is 0 Å². The van der Waals surface area contributed by atoms with Gasteiger partial charge in [-0.25, -0.2) is 27.7 Å². The highest BCUT2D eigenvalue weighted by Gasteiger charge is 2.38. The SMILES string of the molecule is O=C(c1nnc(-c2ncccc2F)o1)N1CCc2[nH]cnc2C1c1cc2c(C(F)F)cccn2n1. The average molecular weight is 480 g/mol.